The van der Waals surface area contributed by atoms with Crippen molar-refractivity contribution in [3.8, 4) is 0 Å². The summed E-state index contributed by atoms with van der Waals surface area (Å²) < 4.78 is 16.4. The summed E-state index contributed by atoms with van der Waals surface area (Å²) in [5, 5.41) is 0. The molecule has 2 aliphatic heterocycles. The first-order chi connectivity index (χ1) is 6.71. The molecule has 1 saturated heterocycles. The van der Waals surface area contributed by atoms with Gasteiger partial charge in [-0.15, -0.1) is 0 Å². The Labute approximate surface area is 85.0 Å². The van der Waals surface area contributed by atoms with Crippen molar-refractivity contribution in [2.75, 3.05) is 27.4 Å². The Balaban J connectivity index is 2.13. The van der Waals surface area contributed by atoms with Gasteiger partial charge in [0.25, 0.3) is 0 Å². The average Bonchev–Trinajstić information content (AvgIpc) is 2.64. The molecule has 0 unspecified atom stereocenters. The Hall–Kier alpha value is -0.380. The summed E-state index contributed by atoms with van der Waals surface area (Å²) in [4.78, 5) is 0. The zero-order chi connectivity index (χ0) is 10.2. The number of fused-ring (bicyclic) bond motifs is 2. The average molecular weight is 198 g/mol. The highest BCUT2D eigenvalue weighted by atomic mass is 16.5. The minimum absolute atomic E-state index is 0.135. The van der Waals surface area contributed by atoms with Crippen molar-refractivity contribution in [3.05, 3.63) is 12.2 Å². The molecule has 1 fully saturated rings. The second-order valence-corrected chi connectivity index (χ2v) is 4.31. The van der Waals surface area contributed by atoms with Gasteiger partial charge in [-0.1, -0.05) is 12.2 Å². The van der Waals surface area contributed by atoms with Crippen molar-refractivity contribution in [1.29, 1.82) is 0 Å². The van der Waals surface area contributed by atoms with Crippen LogP contribution in [0.15, 0.2) is 12.2 Å². The Morgan fingerprint density at radius 2 is 2.00 bits per heavy atom. The lowest BCUT2D eigenvalue weighted by molar-refractivity contribution is 0.00840. The Morgan fingerprint density at radius 1 is 1.29 bits per heavy atom. The van der Waals surface area contributed by atoms with E-state index in [9.17, 15) is 0 Å². The fraction of sp³-hybridized carbons (Fsp3) is 0.818. The Bertz CT molecular complexity index is 239. The monoisotopic (exact) mass is 198 g/mol. The summed E-state index contributed by atoms with van der Waals surface area (Å²) in [7, 11) is 3.48. The van der Waals surface area contributed by atoms with Gasteiger partial charge >= 0.3 is 0 Å². The Morgan fingerprint density at radius 3 is 2.64 bits per heavy atom. The first-order valence-electron chi connectivity index (χ1n) is 5.06. The standard InChI is InChI=1S/C11H18O3/c1-11-5-4-10(14-11)8(6-12-2)9(11)7-13-3/h4-5,8-10H,6-7H2,1-3H3/t8-,9+,10+,11-/m1/s1. The predicted octanol–water partition coefficient (Wildman–Crippen LogP) is 1.24. The molecule has 0 radical (unpaired) electrons. The lowest BCUT2D eigenvalue weighted by atomic mass is 9.77. The first kappa shape index (κ1) is 10.1. The van der Waals surface area contributed by atoms with Crippen molar-refractivity contribution < 1.29 is 14.2 Å². The van der Waals surface area contributed by atoms with E-state index in [1.807, 2.05) is 0 Å². The second kappa shape index (κ2) is 3.65. The van der Waals surface area contributed by atoms with Crippen molar-refractivity contribution in [2.45, 2.75) is 18.6 Å². The number of methoxy groups -OCH3 is 2. The SMILES string of the molecule is COC[C@H]1[C@@H]2C=C[C@@](C)(O2)[C@H]1COC. The van der Waals surface area contributed by atoms with Gasteiger partial charge in [-0.3, -0.25) is 0 Å². The molecule has 0 aliphatic carbocycles. The van der Waals surface area contributed by atoms with E-state index >= 15 is 0 Å². The van der Waals surface area contributed by atoms with Crippen molar-refractivity contribution in [3.63, 3.8) is 0 Å². The largest absolute Gasteiger partial charge is 0.384 e. The fourth-order valence-electron chi connectivity index (χ4n) is 2.62. The molecule has 0 amide bonds. The first-order valence-corrected chi connectivity index (χ1v) is 5.06. The molecular weight excluding hydrogens is 180 g/mol. The van der Waals surface area contributed by atoms with Crippen LogP contribution in [0.25, 0.3) is 0 Å². The lowest BCUT2D eigenvalue weighted by Crippen LogP contribution is -2.37. The molecule has 80 valence electrons. The zero-order valence-electron chi connectivity index (χ0n) is 9.03. The van der Waals surface area contributed by atoms with Gasteiger partial charge in [-0.05, 0) is 6.92 Å². The van der Waals surface area contributed by atoms with E-state index in [-0.39, 0.29) is 11.7 Å². The van der Waals surface area contributed by atoms with Crippen LogP contribution in [0.4, 0.5) is 0 Å². The summed E-state index contributed by atoms with van der Waals surface area (Å²) >= 11 is 0. The molecule has 0 aromatic carbocycles. The molecule has 2 aliphatic rings. The molecule has 3 heteroatoms. The lowest BCUT2D eigenvalue weighted by Gasteiger charge is -2.29. The van der Waals surface area contributed by atoms with Crippen molar-refractivity contribution in [2.24, 2.45) is 11.8 Å². The van der Waals surface area contributed by atoms with Crippen LogP contribution >= 0.6 is 0 Å². The normalized spacial score (nSPS) is 44.9. The summed E-state index contributed by atoms with van der Waals surface area (Å²) in [6, 6.07) is 0. The predicted molar refractivity (Wildman–Crippen MR) is 53.2 cm³/mol. The highest BCUT2D eigenvalue weighted by molar-refractivity contribution is 5.21. The highest BCUT2D eigenvalue weighted by Crippen LogP contribution is 2.46. The minimum Gasteiger partial charge on any atom is -0.384 e. The van der Waals surface area contributed by atoms with E-state index in [1.54, 1.807) is 14.2 Å². The molecule has 0 aromatic rings. The van der Waals surface area contributed by atoms with Gasteiger partial charge in [0.2, 0.25) is 0 Å². The maximum absolute atomic E-state index is 5.92. The van der Waals surface area contributed by atoms with Gasteiger partial charge in [-0.25, -0.2) is 0 Å². The van der Waals surface area contributed by atoms with Gasteiger partial charge in [0.15, 0.2) is 0 Å². The quantitative estimate of drug-likeness (QED) is 0.636. The minimum atomic E-state index is -0.135. The van der Waals surface area contributed by atoms with E-state index in [0.29, 0.717) is 11.8 Å². The Kier molecular flexibility index (Phi) is 2.64. The van der Waals surface area contributed by atoms with Crippen LogP contribution in [0.5, 0.6) is 0 Å². The van der Waals surface area contributed by atoms with Crippen LogP contribution in [0, 0.1) is 11.8 Å². The van der Waals surface area contributed by atoms with Crippen molar-refractivity contribution >= 4 is 0 Å². The molecule has 3 nitrogen and oxygen atoms in total. The third-order valence-electron chi connectivity index (χ3n) is 3.39. The van der Waals surface area contributed by atoms with E-state index in [4.69, 9.17) is 14.2 Å². The van der Waals surface area contributed by atoms with Crippen LogP contribution in [0.1, 0.15) is 6.92 Å². The summed E-state index contributed by atoms with van der Waals surface area (Å²) in [5.74, 6) is 0.859. The number of hydrogen-bond donors (Lipinski definition) is 0. The van der Waals surface area contributed by atoms with Crippen LogP contribution in [0.2, 0.25) is 0 Å². The van der Waals surface area contributed by atoms with Crippen LogP contribution in [-0.2, 0) is 14.2 Å². The maximum Gasteiger partial charge on any atom is 0.0898 e. The molecule has 2 rings (SSSR count). The second-order valence-electron chi connectivity index (χ2n) is 4.31. The van der Waals surface area contributed by atoms with E-state index in [1.165, 1.54) is 0 Å². The van der Waals surface area contributed by atoms with Gasteiger partial charge in [0.1, 0.15) is 0 Å². The van der Waals surface area contributed by atoms with Crippen molar-refractivity contribution in [1.82, 2.24) is 0 Å². The molecule has 0 saturated carbocycles. The van der Waals surface area contributed by atoms with E-state index in [2.05, 4.69) is 19.1 Å². The summed E-state index contributed by atoms with van der Waals surface area (Å²) in [6.45, 7) is 3.62. The highest BCUT2D eigenvalue weighted by Gasteiger charge is 2.53. The van der Waals surface area contributed by atoms with Gasteiger partial charge < -0.3 is 14.2 Å². The third kappa shape index (κ3) is 1.40. The van der Waals surface area contributed by atoms with Crippen LogP contribution in [0.3, 0.4) is 0 Å². The van der Waals surface area contributed by atoms with Crippen LogP contribution in [-0.4, -0.2) is 39.1 Å². The summed E-state index contributed by atoms with van der Waals surface area (Å²) in [5.41, 5.74) is -0.135. The topological polar surface area (TPSA) is 27.7 Å². The molecule has 0 N–H and O–H groups in total. The molecule has 2 bridgehead atoms. The zero-order valence-corrected chi connectivity index (χ0v) is 9.03. The molecule has 0 aromatic heterocycles. The third-order valence-corrected chi connectivity index (χ3v) is 3.39. The van der Waals surface area contributed by atoms with E-state index in [0.717, 1.165) is 13.2 Å². The molecular formula is C11H18O3. The van der Waals surface area contributed by atoms with Gasteiger partial charge in [0.05, 0.1) is 24.9 Å². The molecule has 0 spiro atoms. The fourth-order valence-corrected chi connectivity index (χ4v) is 2.62. The van der Waals surface area contributed by atoms with E-state index < -0.39 is 0 Å². The smallest absolute Gasteiger partial charge is 0.0898 e. The van der Waals surface area contributed by atoms with Gasteiger partial charge in [-0.2, -0.15) is 0 Å². The van der Waals surface area contributed by atoms with Gasteiger partial charge in [0, 0.05) is 26.1 Å². The number of ether oxygens (including phenoxy) is 3. The summed E-state index contributed by atoms with van der Waals surface area (Å²) in [6.07, 6.45) is 4.53. The maximum atomic E-state index is 5.92. The molecule has 4 atom stereocenters. The molecule has 14 heavy (non-hydrogen) atoms. The van der Waals surface area contributed by atoms with Crippen LogP contribution < -0.4 is 0 Å². The number of hydrogen-bond acceptors (Lipinski definition) is 3. The number of rotatable bonds is 4. The molecule has 2 heterocycles.